The van der Waals surface area contributed by atoms with Gasteiger partial charge in [-0.2, -0.15) is 0 Å². The fourth-order valence-electron chi connectivity index (χ4n) is 6.17. The van der Waals surface area contributed by atoms with E-state index in [9.17, 15) is 14.7 Å². The summed E-state index contributed by atoms with van der Waals surface area (Å²) in [6.07, 6.45) is 1.72. The number of aliphatic carboxylic acids is 1. The summed E-state index contributed by atoms with van der Waals surface area (Å²) in [5.41, 5.74) is 1.60. The Bertz CT molecular complexity index is 1060. The quantitative estimate of drug-likeness (QED) is 0.123. The van der Waals surface area contributed by atoms with E-state index in [1.54, 1.807) is 6.92 Å². The Kier molecular flexibility index (Phi) is 12.8. The summed E-state index contributed by atoms with van der Waals surface area (Å²) < 4.78 is 42.4. The molecule has 5 nitrogen and oxygen atoms in total. The van der Waals surface area contributed by atoms with Gasteiger partial charge in [-0.05, 0) is 66.1 Å². The first-order valence-corrected chi connectivity index (χ1v) is 16.6. The van der Waals surface area contributed by atoms with Crippen molar-refractivity contribution in [3.05, 3.63) is 65.2 Å². The van der Waals surface area contributed by atoms with E-state index < -0.39 is 37.8 Å². The van der Waals surface area contributed by atoms with Crippen LogP contribution in [0.4, 0.5) is 8.78 Å². The topological polar surface area (TPSA) is 72.8 Å². The Balaban J connectivity index is 2.38. The Hall–Kier alpha value is -2.74. The van der Waals surface area contributed by atoms with Gasteiger partial charge in [0.1, 0.15) is 0 Å². The standard InChI is InChI=1S/C32H46F2O5Si/c1-8-38-30(35)17-13-12-16-26(32(36)37)27(25-14-10-9-11-15-25)18-24-19-28(33)31(29(34)20-24)39-40(21(2)3,22(4)5)23(6)7/h9-11,14-15,19-23,26-27H,8,12-13,16-18H2,1-7H3,(H,36,37). The molecule has 0 aromatic heterocycles. The van der Waals surface area contributed by atoms with Gasteiger partial charge in [0, 0.05) is 12.3 Å². The second kappa shape index (κ2) is 15.3. The molecule has 8 heteroatoms. The smallest absolute Gasteiger partial charge is 0.307 e. The molecule has 2 atom stereocenters. The van der Waals surface area contributed by atoms with Crippen molar-refractivity contribution in [1.29, 1.82) is 0 Å². The number of halogens is 2. The molecule has 0 bridgehead atoms. The molecule has 222 valence electrons. The lowest BCUT2D eigenvalue weighted by atomic mass is 9.79. The number of carboxylic acids is 1. The first-order valence-electron chi connectivity index (χ1n) is 14.4. The number of rotatable bonds is 16. The van der Waals surface area contributed by atoms with Crippen LogP contribution in [0.5, 0.6) is 5.75 Å². The van der Waals surface area contributed by atoms with Crippen LogP contribution in [0.1, 0.15) is 91.2 Å². The normalized spacial score (nSPS) is 13.5. The van der Waals surface area contributed by atoms with E-state index in [1.165, 1.54) is 12.1 Å². The summed E-state index contributed by atoms with van der Waals surface area (Å²) in [6, 6.07) is 11.8. The van der Waals surface area contributed by atoms with Crippen LogP contribution >= 0.6 is 0 Å². The van der Waals surface area contributed by atoms with E-state index in [4.69, 9.17) is 9.16 Å². The second-order valence-corrected chi connectivity index (χ2v) is 16.9. The number of benzene rings is 2. The van der Waals surface area contributed by atoms with Gasteiger partial charge in [-0.3, -0.25) is 9.59 Å². The first-order chi connectivity index (χ1) is 18.8. The Morgan fingerprint density at radius 2 is 1.45 bits per heavy atom. The number of hydrogen-bond acceptors (Lipinski definition) is 4. The van der Waals surface area contributed by atoms with Crippen LogP contribution < -0.4 is 4.43 Å². The number of esters is 1. The molecule has 0 radical (unpaired) electrons. The van der Waals surface area contributed by atoms with Crippen LogP contribution in [0.2, 0.25) is 16.6 Å². The fraction of sp³-hybridized carbons (Fsp3) is 0.562. The third-order valence-electron chi connectivity index (χ3n) is 7.98. The molecule has 0 heterocycles. The number of carbonyl (C=O) groups excluding carboxylic acids is 1. The molecule has 0 amide bonds. The van der Waals surface area contributed by atoms with Crippen LogP contribution in [0, 0.1) is 17.6 Å². The van der Waals surface area contributed by atoms with Gasteiger partial charge in [0.15, 0.2) is 17.4 Å². The predicted molar refractivity (Wildman–Crippen MR) is 157 cm³/mol. The van der Waals surface area contributed by atoms with Crippen LogP contribution in [0.25, 0.3) is 0 Å². The maximum absolute atomic E-state index is 15.5. The highest BCUT2D eigenvalue weighted by atomic mass is 28.4. The Morgan fingerprint density at radius 3 is 1.93 bits per heavy atom. The number of carboxylic acid groups (broad SMARTS) is 1. The van der Waals surface area contributed by atoms with Crippen molar-refractivity contribution < 1.29 is 32.6 Å². The van der Waals surface area contributed by atoms with E-state index in [-0.39, 0.29) is 41.2 Å². The molecule has 2 rings (SSSR count). The minimum atomic E-state index is -2.59. The molecule has 0 fully saturated rings. The van der Waals surface area contributed by atoms with Gasteiger partial charge in [0.25, 0.3) is 8.32 Å². The summed E-state index contributed by atoms with van der Waals surface area (Å²) in [7, 11) is -2.59. The van der Waals surface area contributed by atoms with E-state index in [0.717, 1.165) is 5.56 Å². The first kappa shape index (κ1) is 33.5. The number of carbonyl (C=O) groups is 2. The van der Waals surface area contributed by atoms with Crippen molar-refractivity contribution >= 4 is 20.3 Å². The van der Waals surface area contributed by atoms with Gasteiger partial charge in [0.2, 0.25) is 0 Å². The SMILES string of the molecule is CCOC(=O)CCCCC(C(=O)O)C(Cc1cc(F)c(O[Si](C(C)C)(C(C)C)C(C)C)c(F)c1)c1ccccc1. The molecule has 2 aromatic rings. The second-order valence-electron chi connectivity index (χ2n) is 11.5. The van der Waals surface area contributed by atoms with Gasteiger partial charge in [-0.1, -0.05) is 78.3 Å². The van der Waals surface area contributed by atoms with Crippen molar-refractivity contribution in [1.82, 2.24) is 0 Å². The van der Waals surface area contributed by atoms with Crippen molar-refractivity contribution in [2.75, 3.05) is 6.61 Å². The molecule has 0 aliphatic carbocycles. The monoisotopic (exact) mass is 576 g/mol. The average molecular weight is 577 g/mol. The molecule has 2 unspecified atom stereocenters. The summed E-state index contributed by atoms with van der Waals surface area (Å²) in [5, 5.41) is 10.2. The molecule has 0 spiro atoms. The van der Waals surface area contributed by atoms with Crippen LogP contribution in [-0.4, -0.2) is 32.0 Å². The van der Waals surface area contributed by atoms with Gasteiger partial charge >= 0.3 is 11.9 Å². The summed E-state index contributed by atoms with van der Waals surface area (Å²) >= 11 is 0. The highest BCUT2D eigenvalue weighted by Crippen LogP contribution is 2.44. The minimum Gasteiger partial charge on any atom is -0.539 e. The van der Waals surface area contributed by atoms with Gasteiger partial charge in [-0.25, -0.2) is 8.78 Å². The summed E-state index contributed by atoms with van der Waals surface area (Å²) in [5.74, 6) is -4.45. The fourth-order valence-corrected chi connectivity index (χ4v) is 11.4. The van der Waals surface area contributed by atoms with Crippen molar-refractivity contribution in [2.45, 2.75) is 103 Å². The summed E-state index contributed by atoms with van der Waals surface area (Å²) in [4.78, 5) is 24.1. The number of unbranched alkanes of at least 4 members (excludes halogenated alkanes) is 1. The predicted octanol–water partition coefficient (Wildman–Crippen LogP) is 8.67. The van der Waals surface area contributed by atoms with Crippen molar-refractivity contribution in [2.24, 2.45) is 5.92 Å². The zero-order chi connectivity index (χ0) is 30.0. The van der Waals surface area contributed by atoms with Gasteiger partial charge in [0.05, 0.1) is 12.5 Å². The van der Waals surface area contributed by atoms with Crippen LogP contribution in [0.15, 0.2) is 42.5 Å². The van der Waals surface area contributed by atoms with Crippen molar-refractivity contribution in [3.63, 3.8) is 0 Å². The van der Waals surface area contributed by atoms with E-state index in [2.05, 4.69) is 41.5 Å². The molecule has 0 saturated carbocycles. The molecular weight excluding hydrogens is 530 g/mol. The highest BCUT2D eigenvalue weighted by Gasteiger charge is 2.48. The largest absolute Gasteiger partial charge is 0.539 e. The maximum Gasteiger partial charge on any atom is 0.307 e. The van der Waals surface area contributed by atoms with Crippen LogP contribution in [0.3, 0.4) is 0 Å². The van der Waals surface area contributed by atoms with Gasteiger partial charge < -0.3 is 14.3 Å². The molecular formula is C32H46F2O5Si. The lowest BCUT2D eigenvalue weighted by Gasteiger charge is -2.42. The Morgan fingerprint density at radius 1 is 0.900 bits per heavy atom. The van der Waals surface area contributed by atoms with Gasteiger partial charge in [-0.15, -0.1) is 0 Å². The molecule has 0 aliphatic rings. The average Bonchev–Trinajstić information content (AvgIpc) is 2.87. The zero-order valence-electron chi connectivity index (χ0n) is 25.0. The minimum absolute atomic E-state index is 0.147. The number of ether oxygens (including phenoxy) is 1. The van der Waals surface area contributed by atoms with E-state index in [1.807, 2.05) is 30.3 Å². The molecule has 0 saturated heterocycles. The molecule has 40 heavy (non-hydrogen) atoms. The molecule has 1 N–H and O–H groups in total. The van der Waals surface area contributed by atoms with Crippen LogP contribution in [-0.2, 0) is 20.7 Å². The third kappa shape index (κ3) is 8.38. The molecule has 2 aromatic carbocycles. The number of hydrogen-bond donors (Lipinski definition) is 1. The van der Waals surface area contributed by atoms with E-state index in [0.29, 0.717) is 31.4 Å². The maximum atomic E-state index is 15.5. The molecule has 0 aliphatic heterocycles. The van der Waals surface area contributed by atoms with Crippen molar-refractivity contribution in [3.8, 4) is 5.75 Å². The highest BCUT2D eigenvalue weighted by molar-refractivity contribution is 6.78. The Labute approximate surface area is 239 Å². The van der Waals surface area contributed by atoms with E-state index >= 15 is 8.78 Å². The lowest BCUT2D eigenvalue weighted by molar-refractivity contribution is -0.143. The lowest BCUT2D eigenvalue weighted by Crippen LogP contribution is -2.51. The summed E-state index contributed by atoms with van der Waals surface area (Å²) in [6.45, 7) is 14.4. The zero-order valence-corrected chi connectivity index (χ0v) is 26.0. The third-order valence-corrected chi connectivity index (χ3v) is 14.0.